The highest BCUT2D eigenvalue weighted by Crippen LogP contribution is 2.40. The van der Waals surface area contributed by atoms with Gasteiger partial charge >= 0.3 is 0 Å². The Morgan fingerprint density at radius 3 is 2.00 bits per heavy atom. The Labute approximate surface area is 166 Å². The number of ether oxygens (including phenoxy) is 5. The highest BCUT2D eigenvalue weighted by Gasteiger charge is 2.17. The molecule has 0 aliphatic heterocycles. The monoisotopic (exact) mass is 388 g/mol. The minimum atomic E-state index is -0.139. The predicted molar refractivity (Wildman–Crippen MR) is 109 cm³/mol. The molecule has 2 aromatic rings. The van der Waals surface area contributed by atoms with E-state index in [0.717, 1.165) is 11.1 Å². The van der Waals surface area contributed by atoms with Gasteiger partial charge in [-0.15, -0.1) is 0 Å². The molecule has 1 atom stereocenters. The van der Waals surface area contributed by atoms with Gasteiger partial charge in [0.15, 0.2) is 23.0 Å². The van der Waals surface area contributed by atoms with Gasteiger partial charge in [0.05, 0.1) is 35.0 Å². The predicted octanol–water partition coefficient (Wildman–Crippen LogP) is 3.74. The van der Waals surface area contributed by atoms with E-state index in [1.165, 1.54) is 0 Å². The van der Waals surface area contributed by atoms with Crippen LogP contribution in [0.5, 0.6) is 28.7 Å². The molecule has 0 spiro atoms. The zero-order valence-corrected chi connectivity index (χ0v) is 17.0. The van der Waals surface area contributed by atoms with E-state index < -0.39 is 0 Å². The van der Waals surface area contributed by atoms with E-state index in [0.29, 0.717) is 35.2 Å². The molecule has 28 heavy (non-hydrogen) atoms. The highest BCUT2D eigenvalue weighted by atomic mass is 16.5. The van der Waals surface area contributed by atoms with Crippen molar-refractivity contribution in [3.05, 3.63) is 47.5 Å². The number of rotatable bonds is 10. The molecule has 0 aliphatic rings. The summed E-state index contributed by atoms with van der Waals surface area (Å²) in [5, 5.41) is 8.97. The Balaban J connectivity index is 2.23. The van der Waals surface area contributed by atoms with E-state index in [9.17, 15) is 0 Å². The number of methoxy groups -OCH3 is 4. The van der Waals surface area contributed by atoms with Crippen molar-refractivity contribution < 1.29 is 28.8 Å². The largest absolute Gasteiger partial charge is 0.493 e. The van der Waals surface area contributed by atoms with Crippen LogP contribution in [0.15, 0.2) is 36.4 Å². The summed E-state index contributed by atoms with van der Waals surface area (Å²) in [6.45, 7) is 1.94. The Hall–Kier alpha value is -2.86. The number of aliphatic hydroxyl groups is 1. The van der Waals surface area contributed by atoms with E-state index in [1.807, 2.05) is 37.3 Å². The van der Waals surface area contributed by atoms with Gasteiger partial charge in [-0.3, -0.25) is 0 Å². The number of hydrogen-bond donors (Lipinski definition) is 1. The van der Waals surface area contributed by atoms with Crippen molar-refractivity contribution in [3.8, 4) is 28.7 Å². The fourth-order valence-corrected chi connectivity index (χ4v) is 2.88. The molecule has 0 heterocycles. The summed E-state index contributed by atoms with van der Waals surface area (Å²) in [6, 6.07) is 9.49. The van der Waals surface area contributed by atoms with Crippen LogP contribution in [0.25, 0.3) is 6.08 Å². The first-order valence-electron chi connectivity index (χ1n) is 8.97. The Morgan fingerprint density at radius 1 is 0.857 bits per heavy atom. The van der Waals surface area contributed by atoms with Gasteiger partial charge in [-0.2, -0.15) is 0 Å². The average molecular weight is 388 g/mol. The fraction of sp³-hybridized carbons (Fsp3) is 0.364. The van der Waals surface area contributed by atoms with Crippen LogP contribution < -0.4 is 23.7 Å². The molecule has 152 valence electrons. The molecule has 0 saturated carbocycles. The minimum absolute atomic E-state index is 0.0365. The molecule has 2 rings (SSSR count). The number of aliphatic hydroxyl groups excluding tert-OH is 1. The van der Waals surface area contributed by atoms with Gasteiger partial charge in [-0.1, -0.05) is 18.2 Å². The second-order valence-electron chi connectivity index (χ2n) is 6.16. The third-order valence-corrected chi connectivity index (χ3v) is 4.19. The number of hydrogen-bond acceptors (Lipinski definition) is 6. The fourth-order valence-electron chi connectivity index (χ4n) is 2.88. The summed E-state index contributed by atoms with van der Waals surface area (Å²) in [6.07, 6.45) is 3.97. The topological polar surface area (TPSA) is 66.4 Å². The second kappa shape index (κ2) is 10.5. The lowest BCUT2D eigenvalue weighted by atomic mass is 10.1. The SMILES string of the molecule is COc1ccc(C[C@H](C)Oc2c(OC)cc(C=CCO)cc2OC)cc1OC. The summed E-state index contributed by atoms with van der Waals surface area (Å²) in [7, 11) is 6.39. The Kier molecular flexibility index (Phi) is 8.02. The van der Waals surface area contributed by atoms with Crippen molar-refractivity contribution in [3.63, 3.8) is 0 Å². The summed E-state index contributed by atoms with van der Waals surface area (Å²) < 4.78 is 27.8. The molecule has 0 bridgehead atoms. The molecule has 6 nitrogen and oxygen atoms in total. The standard InChI is InChI=1S/C22H28O6/c1-15(11-17-8-9-18(24-2)19(12-17)25-3)28-22-20(26-4)13-16(7-6-10-23)14-21(22)27-5/h6-9,12-15,23H,10-11H2,1-5H3/t15-/m0/s1. The van der Waals surface area contributed by atoms with Gasteiger partial charge < -0.3 is 28.8 Å². The Morgan fingerprint density at radius 2 is 1.46 bits per heavy atom. The number of benzene rings is 2. The lowest BCUT2D eigenvalue weighted by Crippen LogP contribution is -2.16. The maximum atomic E-state index is 8.97. The molecule has 6 heteroatoms. The van der Waals surface area contributed by atoms with Gasteiger partial charge in [0, 0.05) is 6.42 Å². The van der Waals surface area contributed by atoms with Crippen LogP contribution in [0.1, 0.15) is 18.1 Å². The van der Waals surface area contributed by atoms with Crippen molar-refractivity contribution >= 4 is 6.08 Å². The van der Waals surface area contributed by atoms with E-state index >= 15 is 0 Å². The van der Waals surface area contributed by atoms with Gasteiger partial charge in [-0.25, -0.2) is 0 Å². The molecule has 0 saturated heterocycles. The van der Waals surface area contributed by atoms with Gasteiger partial charge in [0.25, 0.3) is 0 Å². The van der Waals surface area contributed by atoms with Crippen LogP contribution in [0.3, 0.4) is 0 Å². The zero-order valence-electron chi connectivity index (χ0n) is 17.0. The first-order valence-corrected chi connectivity index (χ1v) is 8.97. The molecule has 0 fully saturated rings. The van der Waals surface area contributed by atoms with Crippen molar-refractivity contribution in [2.45, 2.75) is 19.4 Å². The van der Waals surface area contributed by atoms with Crippen molar-refractivity contribution in [1.82, 2.24) is 0 Å². The highest BCUT2D eigenvalue weighted by molar-refractivity contribution is 5.62. The molecule has 0 aliphatic carbocycles. The van der Waals surface area contributed by atoms with Crippen LogP contribution >= 0.6 is 0 Å². The molecule has 0 radical (unpaired) electrons. The van der Waals surface area contributed by atoms with Crippen LogP contribution in [-0.2, 0) is 6.42 Å². The molecular formula is C22H28O6. The maximum Gasteiger partial charge on any atom is 0.203 e. The van der Waals surface area contributed by atoms with Crippen LogP contribution in [0.2, 0.25) is 0 Å². The summed E-state index contributed by atoms with van der Waals surface area (Å²) in [5.74, 6) is 3.04. The molecule has 2 aromatic carbocycles. The van der Waals surface area contributed by atoms with E-state index in [1.54, 1.807) is 40.6 Å². The van der Waals surface area contributed by atoms with Gasteiger partial charge in [0.2, 0.25) is 5.75 Å². The molecule has 1 N–H and O–H groups in total. The second-order valence-corrected chi connectivity index (χ2v) is 6.16. The van der Waals surface area contributed by atoms with Gasteiger partial charge in [-0.05, 0) is 42.3 Å². The summed E-state index contributed by atoms with van der Waals surface area (Å²) in [5.41, 5.74) is 1.91. The minimum Gasteiger partial charge on any atom is -0.493 e. The lowest BCUT2D eigenvalue weighted by Gasteiger charge is -2.20. The Bertz CT molecular complexity index is 775. The quantitative estimate of drug-likeness (QED) is 0.669. The molecule has 0 amide bonds. The maximum absolute atomic E-state index is 8.97. The summed E-state index contributed by atoms with van der Waals surface area (Å²) >= 11 is 0. The van der Waals surface area contributed by atoms with Crippen LogP contribution in [0, 0.1) is 0 Å². The average Bonchev–Trinajstić information content (AvgIpc) is 2.72. The van der Waals surface area contributed by atoms with Crippen molar-refractivity contribution in [1.29, 1.82) is 0 Å². The summed E-state index contributed by atoms with van der Waals surface area (Å²) in [4.78, 5) is 0. The third-order valence-electron chi connectivity index (χ3n) is 4.19. The van der Waals surface area contributed by atoms with Crippen molar-refractivity contribution in [2.75, 3.05) is 35.0 Å². The first-order chi connectivity index (χ1) is 13.6. The van der Waals surface area contributed by atoms with Crippen LogP contribution in [0.4, 0.5) is 0 Å². The van der Waals surface area contributed by atoms with Gasteiger partial charge in [0.1, 0.15) is 6.10 Å². The van der Waals surface area contributed by atoms with E-state index in [2.05, 4.69) is 0 Å². The third kappa shape index (κ3) is 5.33. The molecule has 0 unspecified atom stereocenters. The van der Waals surface area contributed by atoms with E-state index in [4.69, 9.17) is 28.8 Å². The smallest absolute Gasteiger partial charge is 0.203 e. The van der Waals surface area contributed by atoms with Crippen LogP contribution in [-0.4, -0.2) is 46.3 Å². The van der Waals surface area contributed by atoms with E-state index in [-0.39, 0.29) is 12.7 Å². The normalized spacial score (nSPS) is 11.9. The first kappa shape index (κ1) is 21.4. The van der Waals surface area contributed by atoms with Crippen molar-refractivity contribution in [2.24, 2.45) is 0 Å². The molecular weight excluding hydrogens is 360 g/mol. The molecule has 0 aromatic heterocycles. The zero-order chi connectivity index (χ0) is 20.5. The lowest BCUT2D eigenvalue weighted by molar-refractivity contribution is 0.201.